The van der Waals surface area contributed by atoms with Gasteiger partial charge in [0.05, 0.1) is 5.69 Å². The van der Waals surface area contributed by atoms with E-state index >= 15 is 0 Å². The Morgan fingerprint density at radius 2 is 2.25 bits per heavy atom. The first-order valence-corrected chi connectivity index (χ1v) is 6.03. The summed E-state index contributed by atoms with van der Waals surface area (Å²) in [6.07, 6.45) is 2.74. The van der Waals surface area contributed by atoms with Gasteiger partial charge in [0.1, 0.15) is 18.6 Å². The molecule has 0 radical (unpaired) electrons. The molecule has 1 fully saturated rings. The molecule has 104 valence electrons. The van der Waals surface area contributed by atoms with Gasteiger partial charge in [0.25, 0.3) is 0 Å². The molecular formula is C12H11N3O5. The minimum absolute atomic E-state index is 0.0615. The number of aromatic carboxylic acids is 1. The molecule has 2 aromatic rings. The molecule has 8 heteroatoms. The van der Waals surface area contributed by atoms with E-state index in [1.54, 1.807) is 0 Å². The molecule has 20 heavy (non-hydrogen) atoms. The molecule has 8 nitrogen and oxygen atoms in total. The molecule has 0 saturated heterocycles. The highest BCUT2D eigenvalue weighted by atomic mass is 16.4. The lowest BCUT2D eigenvalue weighted by Crippen LogP contribution is -2.10. The molecule has 0 bridgehead atoms. The fourth-order valence-electron chi connectivity index (χ4n) is 2.02. The van der Waals surface area contributed by atoms with Crippen LogP contribution in [-0.2, 0) is 6.54 Å². The predicted molar refractivity (Wildman–Crippen MR) is 64.7 cm³/mol. The number of carboxylic acid groups (broad SMARTS) is 1. The van der Waals surface area contributed by atoms with Crippen molar-refractivity contribution >= 4 is 5.97 Å². The fourth-order valence-corrected chi connectivity index (χ4v) is 2.02. The van der Waals surface area contributed by atoms with Crippen LogP contribution >= 0.6 is 0 Å². The summed E-state index contributed by atoms with van der Waals surface area (Å²) in [5.41, 5.74) is -0.0698. The van der Waals surface area contributed by atoms with E-state index in [1.807, 2.05) is 0 Å². The van der Waals surface area contributed by atoms with E-state index in [1.165, 1.54) is 4.68 Å². The molecule has 0 aliphatic heterocycles. The van der Waals surface area contributed by atoms with Crippen LogP contribution < -0.4 is 5.43 Å². The maximum absolute atomic E-state index is 11.3. The van der Waals surface area contributed by atoms with Crippen LogP contribution in [0.25, 0.3) is 0 Å². The summed E-state index contributed by atoms with van der Waals surface area (Å²) in [6.45, 7) is 0.0988. The van der Waals surface area contributed by atoms with Crippen molar-refractivity contribution in [3.8, 4) is 5.75 Å². The normalized spacial score (nSPS) is 14.4. The molecule has 2 N–H and O–H groups in total. The molecule has 2 heterocycles. The smallest absolute Gasteiger partial charge is 0.358 e. The lowest BCUT2D eigenvalue weighted by Gasteiger charge is -2.05. The summed E-state index contributed by atoms with van der Waals surface area (Å²) in [5.74, 6) is -1.18. The maximum Gasteiger partial charge on any atom is 0.358 e. The van der Waals surface area contributed by atoms with Crippen molar-refractivity contribution < 1.29 is 19.4 Å². The third-order valence-corrected chi connectivity index (χ3v) is 3.11. The van der Waals surface area contributed by atoms with Gasteiger partial charge in [0.2, 0.25) is 5.43 Å². The minimum Gasteiger partial charge on any atom is -0.502 e. The van der Waals surface area contributed by atoms with E-state index in [9.17, 15) is 9.59 Å². The van der Waals surface area contributed by atoms with Crippen molar-refractivity contribution in [1.29, 1.82) is 0 Å². The SMILES string of the molecule is O=C(O)c1nnn(Cc2cc(=O)c(O)co2)c1C1CC1. The summed E-state index contributed by atoms with van der Waals surface area (Å²) in [7, 11) is 0. The quantitative estimate of drug-likeness (QED) is 0.838. The first kappa shape index (κ1) is 12.4. The van der Waals surface area contributed by atoms with E-state index in [4.69, 9.17) is 14.6 Å². The van der Waals surface area contributed by atoms with Crippen molar-refractivity contribution in [2.45, 2.75) is 25.3 Å². The number of rotatable bonds is 4. The van der Waals surface area contributed by atoms with Crippen LogP contribution in [0.3, 0.4) is 0 Å². The summed E-state index contributed by atoms with van der Waals surface area (Å²) < 4.78 is 6.51. The van der Waals surface area contributed by atoms with E-state index < -0.39 is 17.1 Å². The molecule has 0 aromatic carbocycles. The lowest BCUT2D eigenvalue weighted by molar-refractivity contribution is 0.0689. The zero-order valence-corrected chi connectivity index (χ0v) is 10.3. The number of hydrogen-bond donors (Lipinski definition) is 2. The van der Waals surface area contributed by atoms with Crippen molar-refractivity contribution in [2.75, 3.05) is 0 Å². The highest BCUT2D eigenvalue weighted by Crippen LogP contribution is 2.41. The van der Waals surface area contributed by atoms with Crippen LogP contribution in [0.4, 0.5) is 0 Å². The molecular weight excluding hydrogens is 266 g/mol. The number of aromatic hydroxyl groups is 1. The van der Waals surface area contributed by atoms with E-state index in [2.05, 4.69) is 10.3 Å². The molecule has 0 atom stereocenters. The van der Waals surface area contributed by atoms with Gasteiger partial charge in [0, 0.05) is 12.0 Å². The minimum atomic E-state index is -1.12. The Labute approximate surface area is 112 Å². The average molecular weight is 277 g/mol. The first-order chi connectivity index (χ1) is 9.56. The van der Waals surface area contributed by atoms with Crippen LogP contribution in [-0.4, -0.2) is 31.2 Å². The number of carbonyl (C=O) groups is 1. The van der Waals surface area contributed by atoms with E-state index in [-0.39, 0.29) is 23.9 Å². The Bertz CT molecular complexity index is 729. The van der Waals surface area contributed by atoms with Gasteiger partial charge in [-0.2, -0.15) is 0 Å². The second-order valence-electron chi connectivity index (χ2n) is 4.66. The van der Waals surface area contributed by atoms with Gasteiger partial charge in [-0.15, -0.1) is 5.10 Å². The van der Waals surface area contributed by atoms with Crippen LogP contribution in [0.2, 0.25) is 0 Å². The topological polar surface area (TPSA) is 118 Å². The van der Waals surface area contributed by atoms with E-state index in [0.29, 0.717) is 5.69 Å². The van der Waals surface area contributed by atoms with Crippen LogP contribution in [0.5, 0.6) is 5.75 Å². The molecule has 0 amide bonds. The van der Waals surface area contributed by atoms with Gasteiger partial charge >= 0.3 is 5.97 Å². The fraction of sp³-hybridized carbons (Fsp3) is 0.333. The van der Waals surface area contributed by atoms with Gasteiger partial charge in [-0.1, -0.05) is 5.21 Å². The largest absolute Gasteiger partial charge is 0.502 e. The van der Waals surface area contributed by atoms with Crippen molar-refractivity contribution in [3.63, 3.8) is 0 Å². The zero-order chi connectivity index (χ0) is 14.3. The van der Waals surface area contributed by atoms with Gasteiger partial charge < -0.3 is 14.6 Å². The van der Waals surface area contributed by atoms with Crippen LogP contribution in [0.1, 0.15) is 40.7 Å². The Kier molecular flexibility index (Phi) is 2.78. The first-order valence-electron chi connectivity index (χ1n) is 6.03. The highest BCUT2D eigenvalue weighted by molar-refractivity contribution is 5.86. The Morgan fingerprint density at radius 1 is 1.50 bits per heavy atom. The molecule has 0 spiro atoms. The monoisotopic (exact) mass is 277 g/mol. The summed E-state index contributed by atoms with van der Waals surface area (Å²) in [5, 5.41) is 25.7. The molecule has 1 saturated carbocycles. The van der Waals surface area contributed by atoms with Crippen molar-refractivity contribution in [3.05, 3.63) is 39.7 Å². The summed E-state index contributed by atoms with van der Waals surface area (Å²) in [4.78, 5) is 22.4. The second kappa shape index (κ2) is 4.48. The Morgan fingerprint density at radius 3 is 2.85 bits per heavy atom. The standard InChI is InChI=1S/C12H11N3O5/c16-8-3-7(20-5-9(8)17)4-15-11(6-1-2-6)10(12(18)19)13-14-15/h3,5-6,17H,1-2,4H2,(H,18,19). The maximum atomic E-state index is 11.3. The Hall–Kier alpha value is -2.64. The van der Waals surface area contributed by atoms with Crippen molar-refractivity contribution in [2.24, 2.45) is 0 Å². The highest BCUT2D eigenvalue weighted by Gasteiger charge is 2.33. The molecule has 3 rings (SSSR count). The zero-order valence-electron chi connectivity index (χ0n) is 10.3. The molecule has 1 aliphatic carbocycles. The van der Waals surface area contributed by atoms with Crippen LogP contribution in [0.15, 0.2) is 21.5 Å². The average Bonchev–Trinajstić information content (AvgIpc) is 3.15. The third-order valence-electron chi connectivity index (χ3n) is 3.11. The molecule has 2 aromatic heterocycles. The van der Waals surface area contributed by atoms with Gasteiger partial charge in [0.15, 0.2) is 11.4 Å². The van der Waals surface area contributed by atoms with Gasteiger partial charge in [-0.3, -0.25) is 4.79 Å². The number of carboxylic acids is 1. The lowest BCUT2D eigenvalue weighted by atomic mass is 10.2. The van der Waals surface area contributed by atoms with Gasteiger partial charge in [-0.05, 0) is 12.8 Å². The molecule has 0 unspecified atom stereocenters. The second-order valence-corrected chi connectivity index (χ2v) is 4.66. The van der Waals surface area contributed by atoms with Crippen LogP contribution in [0, 0.1) is 0 Å². The predicted octanol–water partition coefficient (Wildman–Crippen LogP) is 0.561. The van der Waals surface area contributed by atoms with Gasteiger partial charge in [-0.25, -0.2) is 9.48 Å². The number of aromatic nitrogens is 3. The van der Waals surface area contributed by atoms with E-state index in [0.717, 1.165) is 25.2 Å². The third kappa shape index (κ3) is 2.15. The number of nitrogens with zero attached hydrogens (tertiary/aromatic N) is 3. The van der Waals surface area contributed by atoms with Crippen molar-refractivity contribution in [1.82, 2.24) is 15.0 Å². The summed E-state index contributed by atoms with van der Waals surface area (Å²) in [6, 6.07) is 1.15. The Balaban J connectivity index is 1.96. The summed E-state index contributed by atoms with van der Waals surface area (Å²) >= 11 is 0. The number of hydrogen-bond acceptors (Lipinski definition) is 6. The molecule has 1 aliphatic rings.